The van der Waals surface area contributed by atoms with E-state index in [0.29, 0.717) is 0 Å². The number of fused-ring (bicyclic) bond motifs is 1. The molecule has 0 saturated heterocycles. The van der Waals surface area contributed by atoms with Crippen LogP contribution in [0.4, 0.5) is 0 Å². The fourth-order valence-electron chi connectivity index (χ4n) is 1.27. The van der Waals surface area contributed by atoms with Crippen molar-refractivity contribution in [2.75, 3.05) is 0 Å². The van der Waals surface area contributed by atoms with Crippen molar-refractivity contribution < 1.29 is 0 Å². The molecule has 0 unspecified atom stereocenters. The first kappa shape index (κ1) is 7.80. The molecule has 0 aliphatic heterocycles. The normalized spacial score (nSPS) is 10.9. The van der Waals surface area contributed by atoms with Crippen LogP contribution in [0.3, 0.4) is 0 Å². The van der Waals surface area contributed by atoms with Gasteiger partial charge in [-0.2, -0.15) is 0 Å². The maximum Gasteiger partial charge on any atom is 0.139 e. The van der Waals surface area contributed by atoms with Crippen LogP contribution in [0, 0.1) is 13.8 Å². The zero-order valence-corrected chi connectivity index (χ0v) is 8.59. The summed E-state index contributed by atoms with van der Waals surface area (Å²) in [5.41, 5.74) is 3.53. The third-order valence-electron chi connectivity index (χ3n) is 2.18. The van der Waals surface area contributed by atoms with Gasteiger partial charge < -0.3 is 4.40 Å². The molecular weight excluding hydrogens is 216 g/mol. The molecule has 2 aromatic heterocycles. The number of hydrogen-bond donors (Lipinski definition) is 0. The molecule has 2 heterocycles. The summed E-state index contributed by atoms with van der Waals surface area (Å²) in [5, 5.41) is 0. The molecule has 12 heavy (non-hydrogen) atoms. The molecule has 2 nitrogen and oxygen atoms in total. The molecule has 0 N–H and O–H groups in total. The Labute approximate surface area is 79.4 Å². The lowest BCUT2D eigenvalue weighted by molar-refractivity contribution is 1.12. The SMILES string of the molecule is Cc1c(Br)cn2ccnc2c1C. The molecule has 0 aliphatic rings. The highest BCUT2D eigenvalue weighted by Gasteiger charge is 2.04. The fourth-order valence-corrected chi connectivity index (χ4v) is 1.79. The summed E-state index contributed by atoms with van der Waals surface area (Å²) in [7, 11) is 0. The van der Waals surface area contributed by atoms with E-state index in [1.165, 1.54) is 11.1 Å². The Morgan fingerprint density at radius 3 is 2.83 bits per heavy atom. The smallest absolute Gasteiger partial charge is 0.139 e. The lowest BCUT2D eigenvalue weighted by atomic mass is 10.2. The number of pyridine rings is 1. The summed E-state index contributed by atoms with van der Waals surface area (Å²) in [4.78, 5) is 4.26. The average Bonchev–Trinajstić information content (AvgIpc) is 2.48. The van der Waals surface area contributed by atoms with Crippen LogP contribution in [0.25, 0.3) is 5.65 Å². The van der Waals surface area contributed by atoms with Gasteiger partial charge in [0.1, 0.15) is 5.65 Å². The van der Waals surface area contributed by atoms with Crippen molar-refractivity contribution in [2.45, 2.75) is 13.8 Å². The van der Waals surface area contributed by atoms with E-state index in [1.807, 2.05) is 23.0 Å². The van der Waals surface area contributed by atoms with E-state index in [-0.39, 0.29) is 0 Å². The van der Waals surface area contributed by atoms with Crippen LogP contribution < -0.4 is 0 Å². The summed E-state index contributed by atoms with van der Waals surface area (Å²) in [6.45, 7) is 4.18. The van der Waals surface area contributed by atoms with E-state index in [1.54, 1.807) is 0 Å². The first-order valence-corrected chi connectivity index (χ1v) is 4.58. The molecule has 0 aliphatic carbocycles. The average molecular weight is 225 g/mol. The molecule has 62 valence electrons. The molecule has 0 fully saturated rings. The predicted octanol–water partition coefficient (Wildman–Crippen LogP) is 2.71. The Bertz CT molecular complexity index is 431. The first-order chi connectivity index (χ1) is 5.70. The van der Waals surface area contributed by atoms with Crippen LogP contribution in [0.2, 0.25) is 0 Å². The lowest BCUT2D eigenvalue weighted by Crippen LogP contribution is -1.91. The van der Waals surface area contributed by atoms with Gasteiger partial charge in [0.15, 0.2) is 0 Å². The maximum atomic E-state index is 4.26. The highest BCUT2D eigenvalue weighted by Crippen LogP contribution is 2.21. The van der Waals surface area contributed by atoms with Gasteiger partial charge in [-0.3, -0.25) is 0 Å². The zero-order chi connectivity index (χ0) is 8.72. The van der Waals surface area contributed by atoms with Crippen LogP contribution in [-0.2, 0) is 0 Å². The third-order valence-corrected chi connectivity index (χ3v) is 2.98. The van der Waals surface area contributed by atoms with Crippen LogP contribution in [-0.4, -0.2) is 9.38 Å². The zero-order valence-electron chi connectivity index (χ0n) is 7.00. The number of halogens is 1. The van der Waals surface area contributed by atoms with E-state index in [2.05, 4.69) is 34.8 Å². The van der Waals surface area contributed by atoms with Gasteiger partial charge in [-0.05, 0) is 40.9 Å². The van der Waals surface area contributed by atoms with Crippen molar-refractivity contribution in [3.05, 3.63) is 34.2 Å². The van der Waals surface area contributed by atoms with Crippen molar-refractivity contribution in [3.8, 4) is 0 Å². The van der Waals surface area contributed by atoms with Crippen molar-refractivity contribution in [1.82, 2.24) is 9.38 Å². The van der Waals surface area contributed by atoms with Crippen LogP contribution in [0.1, 0.15) is 11.1 Å². The summed E-state index contributed by atoms with van der Waals surface area (Å²) in [6.07, 6.45) is 5.80. The number of aromatic nitrogens is 2. The highest BCUT2D eigenvalue weighted by atomic mass is 79.9. The van der Waals surface area contributed by atoms with Crippen LogP contribution >= 0.6 is 15.9 Å². The Hall–Kier alpha value is -0.830. The molecule has 0 amide bonds. The molecule has 0 spiro atoms. The van der Waals surface area contributed by atoms with Gasteiger partial charge >= 0.3 is 0 Å². The molecular formula is C9H9BrN2. The van der Waals surface area contributed by atoms with Gasteiger partial charge in [-0.1, -0.05) is 0 Å². The van der Waals surface area contributed by atoms with Gasteiger partial charge in [0, 0.05) is 23.1 Å². The van der Waals surface area contributed by atoms with Crippen molar-refractivity contribution in [3.63, 3.8) is 0 Å². The molecule has 0 aromatic carbocycles. The van der Waals surface area contributed by atoms with E-state index in [0.717, 1.165) is 10.1 Å². The second-order valence-electron chi connectivity index (χ2n) is 2.89. The maximum absolute atomic E-state index is 4.26. The summed E-state index contributed by atoms with van der Waals surface area (Å²) >= 11 is 3.50. The van der Waals surface area contributed by atoms with Crippen LogP contribution in [0.15, 0.2) is 23.1 Å². The van der Waals surface area contributed by atoms with E-state index < -0.39 is 0 Å². The minimum atomic E-state index is 1.04. The van der Waals surface area contributed by atoms with Crippen molar-refractivity contribution in [2.24, 2.45) is 0 Å². The second-order valence-corrected chi connectivity index (χ2v) is 3.74. The van der Waals surface area contributed by atoms with Gasteiger partial charge in [0.05, 0.1) is 0 Å². The molecule has 2 aromatic rings. The molecule has 2 rings (SSSR count). The highest BCUT2D eigenvalue weighted by molar-refractivity contribution is 9.10. The summed E-state index contributed by atoms with van der Waals surface area (Å²) in [5.74, 6) is 0. The number of rotatable bonds is 0. The van der Waals surface area contributed by atoms with E-state index >= 15 is 0 Å². The Morgan fingerprint density at radius 1 is 1.33 bits per heavy atom. The van der Waals surface area contributed by atoms with Gasteiger partial charge in [-0.25, -0.2) is 4.98 Å². The predicted molar refractivity (Wildman–Crippen MR) is 52.4 cm³/mol. The molecule has 0 radical (unpaired) electrons. The summed E-state index contributed by atoms with van der Waals surface area (Å²) in [6, 6.07) is 0. The minimum absolute atomic E-state index is 1.04. The molecule has 3 heteroatoms. The second kappa shape index (κ2) is 2.59. The van der Waals surface area contributed by atoms with E-state index in [9.17, 15) is 0 Å². The van der Waals surface area contributed by atoms with Gasteiger partial charge in [-0.15, -0.1) is 0 Å². The van der Waals surface area contributed by atoms with Gasteiger partial charge in [0.25, 0.3) is 0 Å². The van der Waals surface area contributed by atoms with Crippen molar-refractivity contribution >= 4 is 21.6 Å². The van der Waals surface area contributed by atoms with Crippen molar-refractivity contribution in [1.29, 1.82) is 0 Å². The van der Waals surface area contributed by atoms with Gasteiger partial charge in [0.2, 0.25) is 0 Å². The minimum Gasteiger partial charge on any atom is -0.306 e. The number of imidazole rings is 1. The first-order valence-electron chi connectivity index (χ1n) is 3.78. The fraction of sp³-hybridized carbons (Fsp3) is 0.222. The summed E-state index contributed by atoms with van der Waals surface area (Å²) < 4.78 is 3.15. The number of aryl methyl sites for hydroxylation is 1. The molecule has 0 saturated carbocycles. The number of nitrogens with zero attached hydrogens (tertiary/aromatic N) is 2. The van der Waals surface area contributed by atoms with Crippen LogP contribution in [0.5, 0.6) is 0 Å². The van der Waals surface area contributed by atoms with E-state index in [4.69, 9.17) is 0 Å². The third kappa shape index (κ3) is 0.966. The molecule has 0 bridgehead atoms. The molecule has 0 atom stereocenters. The lowest BCUT2D eigenvalue weighted by Gasteiger charge is -2.04. The Kier molecular flexibility index (Phi) is 1.68. The Balaban J connectivity index is 2.94. The monoisotopic (exact) mass is 224 g/mol. The topological polar surface area (TPSA) is 17.3 Å². The Morgan fingerprint density at radius 2 is 2.08 bits per heavy atom. The largest absolute Gasteiger partial charge is 0.306 e. The number of hydrogen-bond acceptors (Lipinski definition) is 1. The quantitative estimate of drug-likeness (QED) is 0.673. The standard InChI is InChI=1S/C9H9BrN2/c1-6-7(2)9-11-3-4-12(9)5-8(6)10/h3-5H,1-2H3.